The fourth-order valence-corrected chi connectivity index (χ4v) is 3.47. The van der Waals surface area contributed by atoms with Crippen molar-refractivity contribution in [3.8, 4) is 11.5 Å². The molecule has 1 N–H and O–H groups in total. The molecule has 24 heavy (non-hydrogen) atoms. The molecule has 0 amide bonds. The molecule has 5 nitrogen and oxygen atoms in total. The van der Waals surface area contributed by atoms with E-state index in [0.717, 1.165) is 49.8 Å². The summed E-state index contributed by atoms with van der Waals surface area (Å²) in [6, 6.07) is 12.8. The predicted molar refractivity (Wildman–Crippen MR) is 92.3 cm³/mol. The highest BCUT2D eigenvalue weighted by molar-refractivity contribution is 5.45. The minimum atomic E-state index is 0.300. The number of pyridine rings is 1. The Morgan fingerprint density at radius 1 is 1.08 bits per heavy atom. The van der Waals surface area contributed by atoms with Crippen LogP contribution >= 0.6 is 0 Å². The van der Waals surface area contributed by atoms with Crippen molar-refractivity contribution >= 4 is 0 Å². The van der Waals surface area contributed by atoms with Crippen LogP contribution in [0.15, 0.2) is 42.6 Å². The molecule has 1 fully saturated rings. The van der Waals surface area contributed by atoms with Crippen LogP contribution in [0.4, 0.5) is 0 Å². The van der Waals surface area contributed by atoms with Crippen molar-refractivity contribution in [2.45, 2.75) is 18.9 Å². The molecular weight excluding hydrogens is 302 g/mol. The summed E-state index contributed by atoms with van der Waals surface area (Å²) < 4.78 is 11.0. The lowest BCUT2D eigenvalue weighted by Crippen LogP contribution is -2.33. The maximum absolute atomic E-state index is 5.58. The second kappa shape index (κ2) is 7.20. The van der Waals surface area contributed by atoms with E-state index in [-0.39, 0.29) is 0 Å². The molecule has 3 heterocycles. The number of aromatic nitrogens is 1. The second-order valence-corrected chi connectivity index (χ2v) is 6.29. The summed E-state index contributed by atoms with van der Waals surface area (Å²) in [4.78, 5) is 7.10. The molecule has 5 heteroatoms. The van der Waals surface area contributed by atoms with Gasteiger partial charge in [0.15, 0.2) is 11.5 Å². The first-order valence-electron chi connectivity index (χ1n) is 8.64. The average Bonchev–Trinajstić information content (AvgIpc) is 2.93. The number of benzene rings is 1. The summed E-state index contributed by atoms with van der Waals surface area (Å²) in [6.45, 7) is 4.58. The van der Waals surface area contributed by atoms with Gasteiger partial charge in [0.1, 0.15) is 0 Å². The van der Waals surface area contributed by atoms with Crippen molar-refractivity contribution in [2.24, 2.45) is 0 Å². The van der Waals surface area contributed by atoms with E-state index in [9.17, 15) is 0 Å². The minimum absolute atomic E-state index is 0.300. The zero-order chi connectivity index (χ0) is 16.2. The lowest BCUT2D eigenvalue weighted by Gasteiger charge is -2.31. The number of hydrogen-bond donors (Lipinski definition) is 1. The van der Waals surface area contributed by atoms with Gasteiger partial charge >= 0.3 is 0 Å². The van der Waals surface area contributed by atoms with Crippen LogP contribution in [0.3, 0.4) is 0 Å². The summed E-state index contributed by atoms with van der Waals surface area (Å²) in [6.07, 6.45) is 3.94. The molecule has 1 aromatic heterocycles. The Morgan fingerprint density at radius 3 is 2.96 bits per heavy atom. The third-order valence-electron chi connectivity index (χ3n) is 4.73. The molecule has 4 rings (SSSR count). The molecule has 0 saturated carbocycles. The number of ether oxygens (including phenoxy) is 2. The lowest BCUT2D eigenvalue weighted by molar-refractivity contribution is 0.173. The first kappa shape index (κ1) is 15.4. The van der Waals surface area contributed by atoms with Gasteiger partial charge in [0, 0.05) is 44.0 Å². The molecule has 0 spiro atoms. The zero-order valence-corrected chi connectivity index (χ0v) is 13.8. The second-order valence-electron chi connectivity index (χ2n) is 6.29. The molecule has 1 atom stereocenters. The fourth-order valence-electron chi connectivity index (χ4n) is 3.47. The van der Waals surface area contributed by atoms with Gasteiger partial charge in [0.25, 0.3) is 0 Å². The number of rotatable bonds is 4. The first-order chi connectivity index (χ1) is 11.9. The van der Waals surface area contributed by atoms with Crippen molar-refractivity contribution < 1.29 is 9.47 Å². The van der Waals surface area contributed by atoms with E-state index in [1.807, 2.05) is 18.3 Å². The number of fused-ring (bicyclic) bond motifs is 1. The maximum Gasteiger partial charge on any atom is 0.231 e. The van der Waals surface area contributed by atoms with Crippen LogP contribution < -0.4 is 14.8 Å². The van der Waals surface area contributed by atoms with Crippen molar-refractivity contribution in [1.29, 1.82) is 0 Å². The topological polar surface area (TPSA) is 46.6 Å². The van der Waals surface area contributed by atoms with E-state index < -0.39 is 0 Å². The number of nitrogens with zero attached hydrogens (tertiary/aromatic N) is 2. The molecule has 0 aliphatic carbocycles. The molecule has 1 saturated heterocycles. The van der Waals surface area contributed by atoms with Gasteiger partial charge in [-0.3, -0.25) is 9.88 Å². The summed E-state index contributed by atoms with van der Waals surface area (Å²) in [5.41, 5.74) is 2.39. The minimum Gasteiger partial charge on any atom is -0.454 e. The molecule has 2 aliphatic rings. The van der Waals surface area contributed by atoms with E-state index in [2.05, 4.69) is 39.5 Å². The van der Waals surface area contributed by atoms with Gasteiger partial charge in [-0.2, -0.15) is 0 Å². The van der Waals surface area contributed by atoms with Gasteiger partial charge in [-0.15, -0.1) is 0 Å². The highest BCUT2D eigenvalue weighted by atomic mass is 16.7. The van der Waals surface area contributed by atoms with Crippen LogP contribution in [0, 0.1) is 0 Å². The average molecular weight is 325 g/mol. The lowest BCUT2D eigenvalue weighted by atomic mass is 9.99. The Bertz CT molecular complexity index is 670. The monoisotopic (exact) mass is 325 g/mol. The molecule has 0 radical (unpaired) electrons. The summed E-state index contributed by atoms with van der Waals surface area (Å²) in [7, 11) is 0. The summed E-state index contributed by atoms with van der Waals surface area (Å²) in [5, 5.41) is 3.49. The Morgan fingerprint density at radius 2 is 2.04 bits per heavy atom. The Balaban J connectivity index is 1.63. The normalized spacial score (nSPS) is 19.0. The molecule has 1 aromatic carbocycles. The van der Waals surface area contributed by atoms with Gasteiger partial charge in [0.05, 0.1) is 0 Å². The van der Waals surface area contributed by atoms with Crippen LogP contribution in [-0.2, 0) is 6.42 Å². The van der Waals surface area contributed by atoms with Crippen LogP contribution in [0.2, 0.25) is 0 Å². The van der Waals surface area contributed by atoms with Crippen LogP contribution in [0.1, 0.15) is 23.7 Å². The van der Waals surface area contributed by atoms with Crippen LogP contribution in [0.25, 0.3) is 0 Å². The Hall–Kier alpha value is -2.11. The van der Waals surface area contributed by atoms with E-state index in [0.29, 0.717) is 12.8 Å². The summed E-state index contributed by atoms with van der Waals surface area (Å²) in [5.74, 6) is 1.69. The fraction of sp³-hybridized carbons (Fsp3) is 0.421. The van der Waals surface area contributed by atoms with Crippen molar-refractivity contribution in [2.75, 3.05) is 33.0 Å². The van der Waals surface area contributed by atoms with Gasteiger partial charge in [-0.1, -0.05) is 12.1 Å². The van der Waals surface area contributed by atoms with Crippen LogP contribution in [-0.4, -0.2) is 42.9 Å². The van der Waals surface area contributed by atoms with Gasteiger partial charge in [0.2, 0.25) is 6.79 Å². The number of nitrogens with one attached hydrogen (secondary N) is 1. The Labute approximate surface area is 142 Å². The van der Waals surface area contributed by atoms with E-state index >= 15 is 0 Å². The molecule has 2 aliphatic heterocycles. The summed E-state index contributed by atoms with van der Waals surface area (Å²) >= 11 is 0. The molecule has 2 aromatic rings. The quantitative estimate of drug-likeness (QED) is 0.935. The van der Waals surface area contributed by atoms with E-state index in [1.54, 1.807) is 0 Å². The van der Waals surface area contributed by atoms with Crippen molar-refractivity contribution in [3.63, 3.8) is 0 Å². The van der Waals surface area contributed by atoms with Crippen LogP contribution in [0.5, 0.6) is 11.5 Å². The van der Waals surface area contributed by atoms with Gasteiger partial charge in [-0.25, -0.2) is 0 Å². The molecule has 1 unspecified atom stereocenters. The molecule has 126 valence electrons. The van der Waals surface area contributed by atoms with Gasteiger partial charge < -0.3 is 14.8 Å². The van der Waals surface area contributed by atoms with E-state index in [4.69, 9.17) is 9.47 Å². The van der Waals surface area contributed by atoms with Gasteiger partial charge in [-0.05, 0) is 42.8 Å². The standard InChI is InChI=1S/C19H23N3O2/c1-2-8-21-16(4-1)13-17(22-10-3-7-20-9-11-22)15-5-6-18-19(12-15)24-14-23-18/h1-2,4-6,8,12,17,20H,3,7,9-11,13-14H2. The highest BCUT2D eigenvalue weighted by Crippen LogP contribution is 2.36. The largest absolute Gasteiger partial charge is 0.454 e. The Kier molecular flexibility index (Phi) is 4.62. The van der Waals surface area contributed by atoms with Crippen molar-refractivity contribution in [1.82, 2.24) is 15.2 Å². The van der Waals surface area contributed by atoms with E-state index in [1.165, 1.54) is 12.0 Å². The number of hydrogen-bond acceptors (Lipinski definition) is 5. The third-order valence-corrected chi connectivity index (χ3v) is 4.73. The smallest absolute Gasteiger partial charge is 0.231 e. The first-order valence-corrected chi connectivity index (χ1v) is 8.64. The van der Waals surface area contributed by atoms with Crippen molar-refractivity contribution in [3.05, 3.63) is 53.9 Å². The SMILES string of the molecule is c1ccc(CC(c2ccc3c(c2)OCO3)N2CCCNCC2)nc1. The third kappa shape index (κ3) is 3.37. The molecular formula is C19H23N3O2. The maximum atomic E-state index is 5.58. The zero-order valence-electron chi connectivity index (χ0n) is 13.8. The highest BCUT2D eigenvalue weighted by Gasteiger charge is 2.24. The predicted octanol–water partition coefficient (Wildman–Crippen LogP) is 2.39. The molecule has 0 bridgehead atoms.